The van der Waals surface area contributed by atoms with Crippen molar-refractivity contribution in [2.24, 2.45) is 0 Å². The summed E-state index contributed by atoms with van der Waals surface area (Å²) in [7, 11) is 0. The fraction of sp³-hybridized carbons (Fsp3) is 0.389. The first-order valence-corrected chi connectivity index (χ1v) is 8.09. The molecule has 1 aromatic carbocycles. The van der Waals surface area contributed by atoms with E-state index in [2.05, 4.69) is 44.5 Å². The third-order valence-corrected chi connectivity index (χ3v) is 4.06. The van der Waals surface area contributed by atoms with Crippen LogP contribution in [0.3, 0.4) is 0 Å². The van der Waals surface area contributed by atoms with E-state index in [-0.39, 0.29) is 18.1 Å². The molecule has 6 heteroatoms. The summed E-state index contributed by atoms with van der Waals surface area (Å²) in [5.74, 6) is 1.33. The molecule has 1 aromatic heterocycles. The van der Waals surface area contributed by atoms with Gasteiger partial charge < -0.3 is 15.0 Å². The number of amides is 1. The fourth-order valence-corrected chi connectivity index (χ4v) is 2.76. The Labute approximate surface area is 141 Å². The number of carbonyl (C=O) groups is 1. The number of nitrogens with zero attached hydrogens (tertiary/aromatic N) is 3. The minimum atomic E-state index is -0.0192. The summed E-state index contributed by atoms with van der Waals surface area (Å²) in [5.41, 5.74) is 2.26. The molecule has 1 saturated heterocycles. The smallest absolute Gasteiger partial charge is 0.217 e. The summed E-state index contributed by atoms with van der Waals surface area (Å²) in [5, 5.41) is 2.89. The Kier molecular flexibility index (Phi) is 4.64. The van der Waals surface area contributed by atoms with Gasteiger partial charge >= 0.3 is 0 Å². The largest absolute Gasteiger partial charge is 0.470 e. The number of benzene rings is 1. The number of rotatable bonds is 5. The number of carbonyl (C=O) groups excluding carboxylic acids is 1. The standard InChI is InChI=1S/C18H22N4O2/c1-12(20-14(3)23)15-4-6-16(7-5-15)22-10-17(11-22)24-18-8-9-19-13(2)21-18/h4-9,12,17H,10-11H2,1-3H3,(H,20,23)/t12-/m0/s1. The van der Waals surface area contributed by atoms with Gasteiger partial charge in [-0.25, -0.2) is 4.98 Å². The van der Waals surface area contributed by atoms with Crippen LogP contribution in [-0.4, -0.2) is 35.1 Å². The lowest BCUT2D eigenvalue weighted by atomic mass is 10.1. The van der Waals surface area contributed by atoms with E-state index in [1.807, 2.05) is 13.8 Å². The number of hydrogen-bond acceptors (Lipinski definition) is 5. The van der Waals surface area contributed by atoms with Gasteiger partial charge in [-0.3, -0.25) is 4.79 Å². The van der Waals surface area contributed by atoms with Gasteiger partial charge in [-0.2, -0.15) is 4.98 Å². The average molecular weight is 326 g/mol. The minimum Gasteiger partial charge on any atom is -0.470 e. The highest BCUT2D eigenvalue weighted by Crippen LogP contribution is 2.25. The van der Waals surface area contributed by atoms with Crippen LogP contribution >= 0.6 is 0 Å². The summed E-state index contributed by atoms with van der Waals surface area (Å²) >= 11 is 0. The molecule has 1 atom stereocenters. The van der Waals surface area contributed by atoms with Crippen molar-refractivity contribution in [2.75, 3.05) is 18.0 Å². The molecule has 2 aromatic rings. The first kappa shape index (κ1) is 16.2. The number of anilines is 1. The monoisotopic (exact) mass is 326 g/mol. The van der Waals surface area contributed by atoms with Crippen molar-refractivity contribution in [3.05, 3.63) is 47.9 Å². The Morgan fingerprint density at radius 1 is 1.29 bits per heavy atom. The summed E-state index contributed by atoms with van der Waals surface area (Å²) < 4.78 is 5.85. The zero-order chi connectivity index (χ0) is 17.1. The topological polar surface area (TPSA) is 67.4 Å². The van der Waals surface area contributed by atoms with E-state index in [1.165, 1.54) is 6.92 Å². The molecule has 0 unspecified atom stereocenters. The molecule has 1 aliphatic heterocycles. The van der Waals surface area contributed by atoms with E-state index < -0.39 is 0 Å². The van der Waals surface area contributed by atoms with Gasteiger partial charge in [0.1, 0.15) is 11.9 Å². The molecule has 0 saturated carbocycles. The second-order valence-corrected chi connectivity index (χ2v) is 6.10. The Bertz CT molecular complexity index is 711. The van der Waals surface area contributed by atoms with Crippen LogP contribution in [0.1, 0.15) is 31.3 Å². The third kappa shape index (κ3) is 3.82. The molecule has 1 N–H and O–H groups in total. The van der Waals surface area contributed by atoms with Crippen molar-refractivity contribution >= 4 is 11.6 Å². The highest BCUT2D eigenvalue weighted by Gasteiger charge is 2.29. The van der Waals surface area contributed by atoms with Gasteiger partial charge in [-0.05, 0) is 31.5 Å². The number of nitrogens with one attached hydrogen (secondary N) is 1. The van der Waals surface area contributed by atoms with Crippen molar-refractivity contribution in [2.45, 2.75) is 32.9 Å². The Hall–Kier alpha value is -2.63. The Morgan fingerprint density at radius 3 is 2.62 bits per heavy atom. The first-order chi connectivity index (χ1) is 11.5. The van der Waals surface area contributed by atoms with Crippen molar-refractivity contribution in [1.82, 2.24) is 15.3 Å². The van der Waals surface area contributed by atoms with Crippen LogP contribution in [0, 0.1) is 6.92 Å². The Balaban J connectivity index is 1.53. The lowest BCUT2D eigenvalue weighted by molar-refractivity contribution is -0.119. The molecular weight excluding hydrogens is 304 g/mol. The predicted octanol–water partition coefficient (Wildman–Crippen LogP) is 2.25. The summed E-state index contributed by atoms with van der Waals surface area (Å²) in [6.45, 7) is 7.04. The molecule has 1 aliphatic rings. The summed E-state index contributed by atoms with van der Waals surface area (Å²) in [4.78, 5) is 21.7. The van der Waals surface area contributed by atoms with Crippen molar-refractivity contribution in [3.63, 3.8) is 0 Å². The van der Waals surface area contributed by atoms with E-state index in [1.54, 1.807) is 12.3 Å². The number of ether oxygens (including phenoxy) is 1. The van der Waals surface area contributed by atoms with Crippen molar-refractivity contribution in [1.29, 1.82) is 0 Å². The molecule has 3 rings (SSSR count). The minimum absolute atomic E-state index is 0.0185. The lowest BCUT2D eigenvalue weighted by Gasteiger charge is -2.40. The highest BCUT2D eigenvalue weighted by molar-refractivity contribution is 5.73. The molecule has 0 spiro atoms. The average Bonchev–Trinajstić information content (AvgIpc) is 2.50. The zero-order valence-corrected chi connectivity index (χ0v) is 14.2. The van der Waals surface area contributed by atoms with Crippen LogP contribution in [0.2, 0.25) is 0 Å². The molecule has 1 amide bonds. The summed E-state index contributed by atoms with van der Waals surface area (Å²) in [6.07, 6.45) is 1.86. The third-order valence-electron chi connectivity index (χ3n) is 4.06. The molecule has 0 aliphatic carbocycles. The van der Waals surface area contributed by atoms with Crippen molar-refractivity contribution < 1.29 is 9.53 Å². The molecule has 0 radical (unpaired) electrons. The Morgan fingerprint density at radius 2 is 2.00 bits per heavy atom. The van der Waals surface area contributed by atoms with Crippen LogP contribution < -0.4 is 15.0 Å². The van der Waals surface area contributed by atoms with E-state index >= 15 is 0 Å². The fourth-order valence-electron chi connectivity index (χ4n) is 2.76. The number of aryl methyl sites for hydroxylation is 1. The highest BCUT2D eigenvalue weighted by atomic mass is 16.5. The molecule has 0 bridgehead atoms. The molecule has 126 valence electrons. The first-order valence-electron chi connectivity index (χ1n) is 8.09. The maximum atomic E-state index is 11.1. The number of aromatic nitrogens is 2. The van der Waals surface area contributed by atoms with E-state index in [0.717, 1.165) is 24.3 Å². The normalized spacial score (nSPS) is 15.5. The lowest BCUT2D eigenvalue weighted by Crippen LogP contribution is -2.54. The maximum Gasteiger partial charge on any atom is 0.217 e. The second-order valence-electron chi connectivity index (χ2n) is 6.10. The molecular formula is C18H22N4O2. The van der Waals surface area contributed by atoms with Crippen molar-refractivity contribution in [3.8, 4) is 5.88 Å². The zero-order valence-electron chi connectivity index (χ0n) is 14.2. The number of hydrogen-bond donors (Lipinski definition) is 1. The second kappa shape index (κ2) is 6.86. The van der Waals surface area contributed by atoms with Crippen LogP contribution in [-0.2, 0) is 4.79 Å². The predicted molar refractivity (Wildman–Crippen MR) is 92.1 cm³/mol. The maximum absolute atomic E-state index is 11.1. The van der Waals surface area contributed by atoms with Gasteiger partial charge in [0.05, 0.1) is 19.1 Å². The van der Waals surface area contributed by atoms with Gasteiger partial charge in [0, 0.05) is 24.9 Å². The van der Waals surface area contributed by atoms with Crippen LogP contribution in [0.5, 0.6) is 5.88 Å². The van der Waals surface area contributed by atoms with Gasteiger partial charge in [0.15, 0.2) is 0 Å². The molecule has 1 fully saturated rings. The summed E-state index contributed by atoms with van der Waals surface area (Å²) in [6, 6.07) is 10.1. The van der Waals surface area contributed by atoms with Crippen LogP contribution in [0.4, 0.5) is 5.69 Å². The van der Waals surface area contributed by atoms with Gasteiger partial charge in [-0.15, -0.1) is 0 Å². The van der Waals surface area contributed by atoms with Crippen LogP contribution in [0.25, 0.3) is 0 Å². The molecule has 2 heterocycles. The van der Waals surface area contributed by atoms with E-state index in [9.17, 15) is 4.79 Å². The molecule has 6 nitrogen and oxygen atoms in total. The quantitative estimate of drug-likeness (QED) is 0.913. The van der Waals surface area contributed by atoms with Gasteiger partial charge in [0.2, 0.25) is 11.8 Å². The van der Waals surface area contributed by atoms with E-state index in [0.29, 0.717) is 11.7 Å². The molecule has 24 heavy (non-hydrogen) atoms. The van der Waals surface area contributed by atoms with E-state index in [4.69, 9.17) is 4.74 Å². The van der Waals surface area contributed by atoms with Crippen LogP contribution in [0.15, 0.2) is 36.5 Å². The SMILES string of the molecule is CC(=O)N[C@@H](C)c1ccc(N2CC(Oc3ccnc(C)n3)C2)cc1. The van der Waals surface area contributed by atoms with Gasteiger partial charge in [0.25, 0.3) is 0 Å². The van der Waals surface area contributed by atoms with Gasteiger partial charge in [-0.1, -0.05) is 12.1 Å².